The molecule has 5 rings (SSSR count). The van der Waals surface area contributed by atoms with Crippen molar-refractivity contribution < 1.29 is 9.53 Å². The molecule has 0 amide bonds. The summed E-state index contributed by atoms with van der Waals surface area (Å²) in [7, 11) is 0. The molecule has 0 aromatic rings. The lowest BCUT2D eigenvalue weighted by Crippen LogP contribution is -2.55. The van der Waals surface area contributed by atoms with Crippen LogP contribution >= 0.6 is 0 Å². The highest BCUT2D eigenvalue weighted by Gasteiger charge is 2.72. The summed E-state index contributed by atoms with van der Waals surface area (Å²) in [5, 5.41) is 0. The van der Waals surface area contributed by atoms with Crippen LogP contribution in [0.3, 0.4) is 0 Å². The van der Waals surface area contributed by atoms with E-state index in [0.29, 0.717) is 29.0 Å². The maximum absolute atomic E-state index is 12.2. The smallest absolute Gasteiger partial charge is 0.159 e. The molecule has 17 heavy (non-hydrogen) atoms. The molecular formula is C15H16O2. The van der Waals surface area contributed by atoms with E-state index in [2.05, 4.69) is 18.2 Å². The summed E-state index contributed by atoms with van der Waals surface area (Å²) in [6.45, 7) is 0.871. The van der Waals surface area contributed by atoms with Gasteiger partial charge in [-0.15, -0.1) is 0 Å². The van der Waals surface area contributed by atoms with Gasteiger partial charge in [0.15, 0.2) is 5.78 Å². The molecule has 1 saturated heterocycles. The maximum atomic E-state index is 12.2. The molecule has 0 radical (unpaired) electrons. The minimum atomic E-state index is -0.0711. The second kappa shape index (κ2) is 2.44. The van der Waals surface area contributed by atoms with Gasteiger partial charge in [0, 0.05) is 18.3 Å². The molecule has 5 aliphatic rings. The SMILES string of the molecule is O=C1C=C[C@]2(CCO2)[C@H]2C3C=CC([C@@H]12)C31CC1. The number of hydrogen-bond acceptors (Lipinski definition) is 2. The molecule has 3 fully saturated rings. The molecular weight excluding hydrogens is 212 g/mol. The first-order chi connectivity index (χ1) is 8.27. The Morgan fingerprint density at radius 2 is 1.94 bits per heavy atom. The molecule has 2 heteroatoms. The molecule has 2 spiro atoms. The third-order valence-corrected chi connectivity index (χ3v) is 6.13. The van der Waals surface area contributed by atoms with Gasteiger partial charge in [-0.05, 0) is 42.2 Å². The lowest BCUT2D eigenvalue weighted by Gasteiger charge is -2.50. The van der Waals surface area contributed by atoms with Crippen LogP contribution in [0.25, 0.3) is 0 Å². The van der Waals surface area contributed by atoms with Crippen molar-refractivity contribution in [1.82, 2.24) is 0 Å². The fourth-order valence-corrected chi connectivity index (χ4v) is 5.20. The number of ether oxygens (including phenoxy) is 1. The third-order valence-electron chi connectivity index (χ3n) is 6.13. The lowest BCUT2D eigenvalue weighted by atomic mass is 9.64. The molecule has 2 bridgehead atoms. The molecule has 1 aliphatic heterocycles. The predicted octanol–water partition coefficient (Wildman–Crippen LogP) is 2.11. The van der Waals surface area contributed by atoms with Crippen molar-refractivity contribution in [2.24, 2.45) is 29.1 Å². The van der Waals surface area contributed by atoms with E-state index >= 15 is 0 Å². The highest BCUT2D eigenvalue weighted by atomic mass is 16.5. The molecule has 2 nitrogen and oxygen atoms in total. The average molecular weight is 228 g/mol. The van der Waals surface area contributed by atoms with Gasteiger partial charge >= 0.3 is 0 Å². The monoisotopic (exact) mass is 228 g/mol. The van der Waals surface area contributed by atoms with Gasteiger partial charge in [-0.2, -0.15) is 0 Å². The Balaban J connectivity index is 1.70. The van der Waals surface area contributed by atoms with E-state index < -0.39 is 0 Å². The van der Waals surface area contributed by atoms with E-state index in [0.717, 1.165) is 13.0 Å². The zero-order valence-corrected chi connectivity index (χ0v) is 9.76. The van der Waals surface area contributed by atoms with E-state index in [1.165, 1.54) is 12.8 Å². The van der Waals surface area contributed by atoms with Crippen LogP contribution < -0.4 is 0 Å². The molecule has 4 aliphatic carbocycles. The standard InChI is InChI=1S/C15H16O2/c16-11-3-4-15(7-8-17-15)13-10-2-1-9(12(11)13)14(10)5-6-14/h1-4,9-10,12-13H,5-8H2/t9?,10?,12-,13-,15-/m0/s1. The zero-order valence-electron chi connectivity index (χ0n) is 9.76. The first-order valence-electron chi connectivity index (χ1n) is 6.82. The van der Waals surface area contributed by atoms with Crippen molar-refractivity contribution in [3.05, 3.63) is 24.3 Å². The van der Waals surface area contributed by atoms with Crippen molar-refractivity contribution in [3.8, 4) is 0 Å². The largest absolute Gasteiger partial charge is 0.370 e. The summed E-state index contributed by atoms with van der Waals surface area (Å²) in [6, 6.07) is 0. The predicted molar refractivity (Wildman–Crippen MR) is 62.2 cm³/mol. The number of ketones is 1. The van der Waals surface area contributed by atoms with Crippen LogP contribution in [0.1, 0.15) is 19.3 Å². The van der Waals surface area contributed by atoms with Gasteiger partial charge in [0.25, 0.3) is 0 Å². The van der Waals surface area contributed by atoms with Crippen LogP contribution in [0.2, 0.25) is 0 Å². The molecule has 5 atom stereocenters. The Kier molecular flexibility index (Phi) is 1.31. The highest BCUT2D eigenvalue weighted by molar-refractivity contribution is 5.94. The number of fused-ring (bicyclic) bond motifs is 4. The Labute approximate surface area is 101 Å². The number of carbonyl (C=O) groups is 1. The first-order valence-corrected chi connectivity index (χ1v) is 6.82. The molecule has 2 unspecified atom stereocenters. The van der Waals surface area contributed by atoms with E-state index in [1.807, 2.05) is 6.08 Å². The fourth-order valence-electron chi connectivity index (χ4n) is 5.20. The number of rotatable bonds is 0. The Hall–Kier alpha value is -0.890. The summed E-state index contributed by atoms with van der Waals surface area (Å²) < 4.78 is 5.92. The fraction of sp³-hybridized carbons (Fsp3) is 0.667. The number of allylic oxidation sites excluding steroid dienone is 3. The maximum Gasteiger partial charge on any atom is 0.159 e. The van der Waals surface area contributed by atoms with Gasteiger partial charge in [-0.25, -0.2) is 0 Å². The summed E-state index contributed by atoms with van der Waals surface area (Å²) in [6.07, 6.45) is 12.4. The Morgan fingerprint density at radius 3 is 2.59 bits per heavy atom. The minimum absolute atomic E-state index is 0.0711. The van der Waals surface area contributed by atoms with E-state index in [-0.39, 0.29) is 11.5 Å². The van der Waals surface area contributed by atoms with Crippen LogP contribution in [0.4, 0.5) is 0 Å². The number of hydrogen-bond donors (Lipinski definition) is 0. The topological polar surface area (TPSA) is 26.3 Å². The van der Waals surface area contributed by atoms with E-state index in [4.69, 9.17) is 4.74 Å². The molecule has 0 aromatic carbocycles. The van der Waals surface area contributed by atoms with E-state index in [1.54, 1.807) is 0 Å². The summed E-state index contributed by atoms with van der Waals surface area (Å²) in [4.78, 5) is 12.2. The lowest BCUT2D eigenvalue weighted by molar-refractivity contribution is -0.171. The zero-order chi connectivity index (χ0) is 11.3. The van der Waals surface area contributed by atoms with Gasteiger partial charge < -0.3 is 4.74 Å². The average Bonchev–Trinajstić information content (AvgIpc) is 2.93. The molecule has 0 N–H and O–H groups in total. The summed E-state index contributed by atoms with van der Waals surface area (Å²) in [5.74, 6) is 2.19. The van der Waals surface area contributed by atoms with Crippen molar-refractivity contribution in [3.63, 3.8) is 0 Å². The van der Waals surface area contributed by atoms with Crippen LogP contribution in [0.15, 0.2) is 24.3 Å². The normalized spacial score (nSPS) is 55.4. The molecule has 2 saturated carbocycles. The Bertz CT molecular complexity index is 479. The van der Waals surface area contributed by atoms with Crippen LogP contribution in [0.5, 0.6) is 0 Å². The van der Waals surface area contributed by atoms with Crippen molar-refractivity contribution in [2.75, 3.05) is 6.61 Å². The minimum Gasteiger partial charge on any atom is -0.370 e. The quantitative estimate of drug-likeness (QED) is 0.594. The molecule has 1 heterocycles. The summed E-state index contributed by atoms with van der Waals surface area (Å²) in [5.41, 5.74) is 0.404. The van der Waals surface area contributed by atoms with Gasteiger partial charge in [-0.1, -0.05) is 12.2 Å². The first kappa shape index (κ1) is 9.09. The molecule has 0 aromatic heterocycles. The Morgan fingerprint density at radius 1 is 1.18 bits per heavy atom. The third kappa shape index (κ3) is 0.796. The second-order valence-electron chi connectivity index (χ2n) is 6.51. The highest BCUT2D eigenvalue weighted by Crippen LogP contribution is 2.75. The summed E-state index contributed by atoms with van der Waals surface area (Å²) >= 11 is 0. The van der Waals surface area contributed by atoms with Gasteiger partial charge in [0.05, 0.1) is 12.2 Å². The van der Waals surface area contributed by atoms with Crippen molar-refractivity contribution in [1.29, 1.82) is 0 Å². The van der Waals surface area contributed by atoms with Gasteiger partial charge in [-0.3, -0.25) is 4.79 Å². The van der Waals surface area contributed by atoms with Crippen molar-refractivity contribution >= 4 is 5.78 Å². The van der Waals surface area contributed by atoms with Gasteiger partial charge in [0.1, 0.15) is 0 Å². The molecule has 88 valence electrons. The van der Waals surface area contributed by atoms with Crippen LogP contribution in [-0.4, -0.2) is 18.0 Å². The van der Waals surface area contributed by atoms with E-state index in [9.17, 15) is 4.79 Å². The number of carbonyl (C=O) groups excluding carboxylic acids is 1. The van der Waals surface area contributed by atoms with Crippen molar-refractivity contribution in [2.45, 2.75) is 24.9 Å². The van der Waals surface area contributed by atoms with Crippen LogP contribution in [0, 0.1) is 29.1 Å². The second-order valence-corrected chi connectivity index (χ2v) is 6.51. The van der Waals surface area contributed by atoms with Gasteiger partial charge in [0.2, 0.25) is 0 Å². The van der Waals surface area contributed by atoms with Crippen LogP contribution in [-0.2, 0) is 9.53 Å².